The smallest absolute Gasteiger partial charge is 0.269 e. The fourth-order valence-electron chi connectivity index (χ4n) is 0.951. The standard InChI is InChI=1S/C10H12N4O3/c1-7(15)12-6-9(16)13-14-10(17)8-2-4-11-5-3-8/h2-5H,6H2,1H3,(H,12,15)(H,13,16)(H,14,17). The molecule has 0 saturated heterocycles. The van der Waals surface area contributed by atoms with Crippen LogP contribution in [0.1, 0.15) is 17.3 Å². The molecule has 0 spiro atoms. The number of nitrogens with zero attached hydrogens (tertiary/aromatic N) is 1. The molecule has 0 aliphatic rings. The average molecular weight is 236 g/mol. The van der Waals surface area contributed by atoms with Crippen molar-refractivity contribution >= 4 is 17.7 Å². The highest BCUT2D eigenvalue weighted by Gasteiger charge is 2.06. The Balaban J connectivity index is 2.34. The molecule has 0 aliphatic heterocycles. The summed E-state index contributed by atoms with van der Waals surface area (Å²) in [5.74, 6) is -1.29. The topological polar surface area (TPSA) is 100 Å². The lowest BCUT2D eigenvalue weighted by atomic mass is 10.3. The summed E-state index contributed by atoms with van der Waals surface area (Å²) >= 11 is 0. The molecule has 7 nitrogen and oxygen atoms in total. The molecular formula is C10H12N4O3. The summed E-state index contributed by atoms with van der Waals surface area (Å²) < 4.78 is 0. The van der Waals surface area contributed by atoms with Crippen LogP contribution in [0.3, 0.4) is 0 Å². The van der Waals surface area contributed by atoms with Crippen molar-refractivity contribution in [1.82, 2.24) is 21.2 Å². The molecule has 0 saturated carbocycles. The van der Waals surface area contributed by atoms with E-state index < -0.39 is 11.8 Å². The lowest BCUT2D eigenvalue weighted by Crippen LogP contribution is -2.46. The van der Waals surface area contributed by atoms with Gasteiger partial charge in [-0.1, -0.05) is 0 Å². The molecule has 1 heterocycles. The molecule has 1 aromatic rings. The van der Waals surface area contributed by atoms with Crippen LogP contribution in [0.15, 0.2) is 24.5 Å². The van der Waals surface area contributed by atoms with Gasteiger partial charge in [0, 0.05) is 24.9 Å². The Hall–Kier alpha value is -2.44. The van der Waals surface area contributed by atoms with E-state index in [2.05, 4.69) is 21.2 Å². The minimum atomic E-state index is -0.511. The molecule has 0 unspecified atom stereocenters. The van der Waals surface area contributed by atoms with Crippen LogP contribution in [0.2, 0.25) is 0 Å². The van der Waals surface area contributed by atoms with Crippen LogP contribution in [0.4, 0.5) is 0 Å². The summed E-state index contributed by atoms with van der Waals surface area (Å²) in [6.45, 7) is 1.11. The van der Waals surface area contributed by atoms with E-state index in [0.717, 1.165) is 0 Å². The Morgan fingerprint density at radius 2 is 1.82 bits per heavy atom. The molecular weight excluding hydrogens is 224 g/mol. The lowest BCUT2D eigenvalue weighted by molar-refractivity contribution is -0.125. The maximum atomic E-state index is 11.4. The van der Waals surface area contributed by atoms with Gasteiger partial charge < -0.3 is 5.32 Å². The molecule has 0 bridgehead atoms. The third-order valence-corrected chi connectivity index (χ3v) is 1.76. The van der Waals surface area contributed by atoms with Crippen LogP contribution in [0, 0.1) is 0 Å². The van der Waals surface area contributed by atoms with Gasteiger partial charge in [-0.3, -0.25) is 30.2 Å². The molecule has 1 rings (SSSR count). The first-order chi connectivity index (χ1) is 8.09. The number of rotatable bonds is 3. The maximum absolute atomic E-state index is 11.4. The van der Waals surface area contributed by atoms with Gasteiger partial charge >= 0.3 is 0 Å². The SMILES string of the molecule is CC(=O)NCC(=O)NNC(=O)c1ccncc1. The highest BCUT2D eigenvalue weighted by molar-refractivity contribution is 5.95. The highest BCUT2D eigenvalue weighted by atomic mass is 16.2. The normalized spacial score (nSPS) is 9.24. The van der Waals surface area contributed by atoms with E-state index in [9.17, 15) is 14.4 Å². The van der Waals surface area contributed by atoms with Gasteiger partial charge in [0.1, 0.15) is 0 Å². The monoisotopic (exact) mass is 236 g/mol. The van der Waals surface area contributed by atoms with Gasteiger partial charge in [-0.15, -0.1) is 0 Å². The number of aromatic nitrogens is 1. The zero-order valence-electron chi connectivity index (χ0n) is 9.19. The number of carbonyl (C=O) groups is 3. The quantitative estimate of drug-likeness (QED) is 0.585. The predicted molar refractivity (Wildman–Crippen MR) is 58.5 cm³/mol. The third kappa shape index (κ3) is 4.74. The number of carbonyl (C=O) groups excluding carboxylic acids is 3. The summed E-state index contributed by atoms with van der Waals surface area (Å²) in [6, 6.07) is 3.02. The van der Waals surface area contributed by atoms with Gasteiger partial charge in [-0.2, -0.15) is 0 Å². The summed E-state index contributed by atoms with van der Waals surface area (Å²) in [5.41, 5.74) is 4.74. The minimum Gasteiger partial charge on any atom is -0.347 e. The van der Waals surface area contributed by atoms with Crippen molar-refractivity contribution in [2.24, 2.45) is 0 Å². The zero-order chi connectivity index (χ0) is 12.7. The Labute approximate surface area is 97.6 Å². The second-order valence-electron chi connectivity index (χ2n) is 3.15. The first-order valence-electron chi connectivity index (χ1n) is 4.83. The zero-order valence-corrected chi connectivity index (χ0v) is 9.19. The van der Waals surface area contributed by atoms with Crippen molar-refractivity contribution in [1.29, 1.82) is 0 Å². The van der Waals surface area contributed by atoms with Gasteiger partial charge in [0.15, 0.2) is 0 Å². The fraction of sp³-hybridized carbons (Fsp3) is 0.200. The molecule has 0 aromatic carbocycles. The van der Waals surface area contributed by atoms with Crippen molar-refractivity contribution < 1.29 is 14.4 Å². The van der Waals surface area contributed by atoms with E-state index in [4.69, 9.17) is 0 Å². The number of hydrazine groups is 1. The van der Waals surface area contributed by atoms with E-state index in [0.29, 0.717) is 5.56 Å². The van der Waals surface area contributed by atoms with Gasteiger partial charge in [0.2, 0.25) is 5.91 Å². The Kier molecular flexibility index (Phi) is 4.61. The lowest BCUT2D eigenvalue weighted by Gasteiger charge is -2.07. The first-order valence-corrected chi connectivity index (χ1v) is 4.83. The van der Waals surface area contributed by atoms with E-state index in [1.165, 1.54) is 31.5 Å². The van der Waals surface area contributed by atoms with Gasteiger partial charge in [-0.25, -0.2) is 0 Å². The number of amides is 3. The fourth-order valence-corrected chi connectivity index (χ4v) is 0.951. The summed E-state index contributed by atoms with van der Waals surface area (Å²) in [7, 11) is 0. The number of hydrogen-bond acceptors (Lipinski definition) is 4. The highest BCUT2D eigenvalue weighted by Crippen LogP contribution is 1.93. The Morgan fingerprint density at radius 3 is 2.41 bits per heavy atom. The summed E-state index contributed by atoms with van der Waals surface area (Å²) in [4.78, 5) is 36.9. The number of nitrogens with one attached hydrogen (secondary N) is 3. The number of pyridine rings is 1. The van der Waals surface area contributed by atoms with Crippen molar-refractivity contribution in [3.63, 3.8) is 0 Å². The molecule has 0 atom stereocenters. The molecule has 0 fully saturated rings. The van der Waals surface area contributed by atoms with Gasteiger partial charge in [-0.05, 0) is 12.1 Å². The largest absolute Gasteiger partial charge is 0.347 e. The Morgan fingerprint density at radius 1 is 1.18 bits per heavy atom. The second kappa shape index (κ2) is 6.21. The summed E-state index contributed by atoms with van der Waals surface area (Å²) in [5, 5.41) is 2.30. The van der Waals surface area contributed by atoms with Crippen LogP contribution in [0.5, 0.6) is 0 Å². The predicted octanol–water partition coefficient (Wildman–Crippen LogP) is -1.02. The van der Waals surface area contributed by atoms with Crippen LogP contribution in [0.25, 0.3) is 0 Å². The molecule has 7 heteroatoms. The molecule has 90 valence electrons. The third-order valence-electron chi connectivity index (χ3n) is 1.76. The van der Waals surface area contributed by atoms with E-state index in [-0.39, 0.29) is 12.5 Å². The summed E-state index contributed by atoms with van der Waals surface area (Å²) in [6.07, 6.45) is 2.93. The Bertz CT molecular complexity index is 419. The maximum Gasteiger partial charge on any atom is 0.269 e. The van der Waals surface area contributed by atoms with Crippen LogP contribution < -0.4 is 16.2 Å². The van der Waals surface area contributed by atoms with Crippen molar-refractivity contribution in [3.8, 4) is 0 Å². The number of hydrogen-bond donors (Lipinski definition) is 3. The van der Waals surface area contributed by atoms with Gasteiger partial charge in [0.25, 0.3) is 11.8 Å². The first kappa shape index (κ1) is 12.6. The van der Waals surface area contributed by atoms with Crippen LogP contribution >= 0.6 is 0 Å². The minimum absolute atomic E-state index is 0.189. The van der Waals surface area contributed by atoms with Crippen molar-refractivity contribution in [2.45, 2.75) is 6.92 Å². The van der Waals surface area contributed by atoms with Crippen molar-refractivity contribution in [2.75, 3.05) is 6.54 Å². The molecule has 3 amide bonds. The van der Waals surface area contributed by atoms with E-state index >= 15 is 0 Å². The van der Waals surface area contributed by atoms with E-state index in [1.54, 1.807) is 0 Å². The molecule has 0 aliphatic carbocycles. The van der Waals surface area contributed by atoms with E-state index in [1.807, 2.05) is 0 Å². The molecule has 17 heavy (non-hydrogen) atoms. The molecule has 0 radical (unpaired) electrons. The van der Waals surface area contributed by atoms with Crippen molar-refractivity contribution in [3.05, 3.63) is 30.1 Å². The molecule has 3 N–H and O–H groups in total. The van der Waals surface area contributed by atoms with Crippen LogP contribution in [-0.2, 0) is 9.59 Å². The molecule has 1 aromatic heterocycles. The van der Waals surface area contributed by atoms with Crippen LogP contribution in [-0.4, -0.2) is 29.3 Å². The average Bonchev–Trinajstić information content (AvgIpc) is 2.34. The second-order valence-corrected chi connectivity index (χ2v) is 3.15. The van der Waals surface area contributed by atoms with Gasteiger partial charge in [0.05, 0.1) is 6.54 Å².